The number of nitrogens with zero attached hydrogens (tertiary/aromatic N) is 4. The molecule has 40 heavy (non-hydrogen) atoms. The number of carbonyl (C=O) groups is 2. The highest BCUT2D eigenvalue weighted by molar-refractivity contribution is 6.30. The van der Waals surface area contributed by atoms with Gasteiger partial charge in [0.15, 0.2) is 0 Å². The Balaban J connectivity index is 1.29. The van der Waals surface area contributed by atoms with Gasteiger partial charge in [-0.15, -0.1) is 10.2 Å². The minimum atomic E-state index is -0.641. The maximum Gasteiger partial charge on any atom is 0.408 e. The third kappa shape index (κ3) is 6.91. The van der Waals surface area contributed by atoms with E-state index in [0.717, 1.165) is 48.6 Å². The molecular formula is C29H35ClN6O4. The molecule has 3 heterocycles. The third-order valence-corrected chi connectivity index (χ3v) is 7.29. The number of fused-ring (bicyclic) bond motifs is 3. The van der Waals surface area contributed by atoms with E-state index in [0.29, 0.717) is 23.7 Å². The van der Waals surface area contributed by atoms with Gasteiger partial charge in [-0.2, -0.15) is 0 Å². The predicted molar refractivity (Wildman–Crippen MR) is 150 cm³/mol. The zero-order chi connectivity index (χ0) is 28.3. The highest BCUT2D eigenvalue weighted by atomic mass is 35.5. The largest absolute Gasteiger partial charge is 0.474 e. The van der Waals surface area contributed by atoms with Crippen LogP contribution in [-0.4, -0.2) is 56.0 Å². The summed E-state index contributed by atoms with van der Waals surface area (Å²) >= 11 is 6.38. The van der Waals surface area contributed by atoms with E-state index in [1.807, 2.05) is 36.4 Å². The minimum absolute atomic E-state index is 0.123. The zero-order valence-electron chi connectivity index (χ0n) is 23.0. The number of rotatable bonds is 6. The molecular weight excluding hydrogens is 532 g/mol. The first kappa shape index (κ1) is 27.9. The van der Waals surface area contributed by atoms with Crippen molar-refractivity contribution in [1.29, 1.82) is 0 Å². The van der Waals surface area contributed by atoms with Gasteiger partial charge >= 0.3 is 6.09 Å². The Labute approximate surface area is 238 Å². The standard InChI is InChI=1S/C29H35ClN6O4/c1-29(2,3)40-28(38)32-17-25(37)33-21-15-19-14-20(30)9-12-23(19)36-24(16-21)34-35-27(36)18-7-10-22(11-8-18)39-26-6-4-5-13-31-26/h4-6,9,12-14,18,21-22H,7-8,10-11,15-17H2,1-3H3,(H,32,38)(H,33,37)/t18-,21?,22-. The van der Waals surface area contributed by atoms with E-state index in [4.69, 9.17) is 21.1 Å². The molecule has 1 saturated carbocycles. The Hall–Kier alpha value is -3.66. The van der Waals surface area contributed by atoms with Gasteiger partial charge in [-0.1, -0.05) is 17.7 Å². The van der Waals surface area contributed by atoms with Crippen LogP contribution in [0.4, 0.5) is 4.79 Å². The number of halogens is 1. The highest BCUT2D eigenvalue weighted by Gasteiger charge is 2.32. The van der Waals surface area contributed by atoms with Crippen LogP contribution in [0, 0.1) is 0 Å². The molecule has 0 bridgehead atoms. The lowest BCUT2D eigenvalue weighted by atomic mass is 9.86. The smallest absolute Gasteiger partial charge is 0.408 e. The van der Waals surface area contributed by atoms with Gasteiger partial charge < -0.3 is 20.1 Å². The molecule has 3 aromatic rings. The summed E-state index contributed by atoms with van der Waals surface area (Å²) in [5.41, 5.74) is 1.34. The second-order valence-electron chi connectivity index (χ2n) is 11.4. The summed E-state index contributed by atoms with van der Waals surface area (Å²) in [5, 5.41) is 15.4. The van der Waals surface area contributed by atoms with Crippen LogP contribution < -0.4 is 15.4 Å². The Bertz CT molecular complexity index is 1350. The van der Waals surface area contributed by atoms with Crippen molar-refractivity contribution in [3.63, 3.8) is 0 Å². The summed E-state index contributed by atoms with van der Waals surface area (Å²) in [5.74, 6) is 2.29. The van der Waals surface area contributed by atoms with Crippen LogP contribution in [-0.2, 0) is 22.4 Å². The van der Waals surface area contributed by atoms with Crippen molar-refractivity contribution >= 4 is 23.6 Å². The van der Waals surface area contributed by atoms with E-state index in [1.54, 1.807) is 27.0 Å². The molecule has 0 spiro atoms. The number of amides is 2. The van der Waals surface area contributed by atoms with Crippen LogP contribution in [0.2, 0.25) is 5.02 Å². The molecule has 5 rings (SSSR count). The number of pyridine rings is 1. The molecule has 2 amide bonds. The molecule has 2 aromatic heterocycles. The molecule has 1 aromatic carbocycles. The van der Waals surface area contributed by atoms with E-state index in [-0.39, 0.29) is 30.5 Å². The summed E-state index contributed by atoms with van der Waals surface area (Å²) in [6, 6.07) is 11.2. The van der Waals surface area contributed by atoms with E-state index in [9.17, 15) is 9.59 Å². The number of ether oxygens (including phenoxy) is 2. The monoisotopic (exact) mass is 566 g/mol. The Morgan fingerprint density at radius 1 is 1.07 bits per heavy atom. The van der Waals surface area contributed by atoms with Crippen molar-refractivity contribution in [2.75, 3.05) is 6.54 Å². The SMILES string of the molecule is CC(C)(C)OC(=O)NCC(=O)NC1Cc2cc(Cl)ccc2-n2c(nnc2[C@H]2CC[C@H](Oc3ccccn3)CC2)C1. The molecule has 0 saturated heterocycles. The van der Waals surface area contributed by atoms with Crippen LogP contribution in [0.1, 0.15) is 69.6 Å². The molecule has 2 aliphatic rings. The summed E-state index contributed by atoms with van der Waals surface area (Å²) in [6.07, 6.45) is 5.95. The highest BCUT2D eigenvalue weighted by Crippen LogP contribution is 2.37. The predicted octanol–water partition coefficient (Wildman–Crippen LogP) is 4.53. The number of benzene rings is 1. The molecule has 1 unspecified atom stereocenters. The van der Waals surface area contributed by atoms with Crippen LogP contribution in [0.25, 0.3) is 5.69 Å². The number of nitrogens with one attached hydrogen (secondary N) is 2. The van der Waals surface area contributed by atoms with E-state index >= 15 is 0 Å². The first-order chi connectivity index (χ1) is 19.1. The molecule has 11 heteroatoms. The third-order valence-electron chi connectivity index (χ3n) is 7.05. The number of alkyl carbamates (subject to hydrolysis) is 1. The number of hydrogen-bond donors (Lipinski definition) is 2. The molecule has 2 N–H and O–H groups in total. The Morgan fingerprint density at radius 3 is 2.60 bits per heavy atom. The average molecular weight is 567 g/mol. The van der Waals surface area contributed by atoms with Gasteiger partial charge in [-0.3, -0.25) is 9.36 Å². The first-order valence-electron chi connectivity index (χ1n) is 13.7. The molecule has 1 aliphatic carbocycles. The number of carbonyl (C=O) groups excluding carboxylic acids is 2. The lowest BCUT2D eigenvalue weighted by Crippen LogP contribution is -2.44. The Kier molecular flexibility index (Phi) is 8.25. The van der Waals surface area contributed by atoms with E-state index in [1.165, 1.54) is 0 Å². The van der Waals surface area contributed by atoms with Gasteiger partial charge in [0.25, 0.3) is 0 Å². The van der Waals surface area contributed by atoms with Crippen molar-refractivity contribution < 1.29 is 19.1 Å². The van der Waals surface area contributed by atoms with Crippen LogP contribution >= 0.6 is 11.6 Å². The molecule has 1 atom stereocenters. The topological polar surface area (TPSA) is 120 Å². The quantitative estimate of drug-likeness (QED) is 0.450. The van der Waals surface area contributed by atoms with Crippen LogP contribution in [0.3, 0.4) is 0 Å². The summed E-state index contributed by atoms with van der Waals surface area (Å²) in [4.78, 5) is 29.0. The lowest BCUT2D eigenvalue weighted by Gasteiger charge is -2.28. The van der Waals surface area contributed by atoms with Crippen molar-refractivity contribution in [2.24, 2.45) is 0 Å². The second-order valence-corrected chi connectivity index (χ2v) is 11.8. The van der Waals surface area contributed by atoms with E-state index in [2.05, 4.69) is 30.4 Å². The van der Waals surface area contributed by atoms with Crippen molar-refractivity contribution in [1.82, 2.24) is 30.4 Å². The maximum absolute atomic E-state index is 12.7. The number of aromatic nitrogens is 4. The van der Waals surface area contributed by atoms with Crippen molar-refractivity contribution in [3.8, 4) is 11.6 Å². The second kappa shape index (κ2) is 11.8. The van der Waals surface area contributed by atoms with Gasteiger partial charge in [-0.25, -0.2) is 9.78 Å². The van der Waals surface area contributed by atoms with Crippen molar-refractivity contribution in [2.45, 2.75) is 83.0 Å². The first-order valence-corrected chi connectivity index (χ1v) is 14.1. The van der Waals surface area contributed by atoms with Crippen LogP contribution in [0.5, 0.6) is 5.88 Å². The van der Waals surface area contributed by atoms with Crippen LogP contribution in [0.15, 0.2) is 42.6 Å². The molecule has 1 aliphatic heterocycles. The zero-order valence-corrected chi connectivity index (χ0v) is 23.8. The van der Waals surface area contributed by atoms with Gasteiger partial charge in [0.2, 0.25) is 11.8 Å². The minimum Gasteiger partial charge on any atom is -0.474 e. The molecule has 0 radical (unpaired) electrons. The fourth-order valence-corrected chi connectivity index (χ4v) is 5.55. The summed E-state index contributed by atoms with van der Waals surface area (Å²) in [6.45, 7) is 5.13. The maximum atomic E-state index is 12.7. The fraction of sp³-hybridized carbons (Fsp3) is 0.483. The molecule has 10 nitrogen and oxygen atoms in total. The Morgan fingerprint density at radius 2 is 1.88 bits per heavy atom. The normalized spacial score (nSPS) is 20.4. The average Bonchev–Trinajstić information content (AvgIpc) is 3.24. The molecule has 1 fully saturated rings. The van der Waals surface area contributed by atoms with Crippen molar-refractivity contribution in [3.05, 3.63) is 64.8 Å². The van der Waals surface area contributed by atoms with Gasteiger partial charge in [0.05, 0.1) is 5.69 Å². The molecule has 212 valence electrons. The fourth-order valence-electron chi connectivity index (χ4n) is 5.36. The lowest BCUT2D eigenvalue weighted by molar-refractivity contribution is -0.121. The van der Waals surface area contributed by atoms with Gasteiger partial charge in [0.1, 0.15) is 29.9 Å². The van der Waals surface area contributed by atoms with Gasteiger partial charge in [-0.05, 0) is 82.7 Å². The summed E-state index contributed by atoms with van der Waals surface area (Å²) < 4.78 is 13.5. The summed E-state index contributed by atoms with van der Waals surface area (Å²) in [7, 11) is 0. The van der Waals surface area contributed by atoms with E-state index < -0.39 is 11.7 Å². The number of hydrogen-bond acceptors (Lipinski definition) is 7. The van der Waals surface area contributed by atoms with Gasteiger partial charge in [0, 0.05) is 35.7 Å².